The molecule has 1 unspecified atom stereocenters. The maximum atomic E-state index is 11.1. The van der Waals surface area contributed by atoms with Crippen molar-refractivity contribution in [2.45, 2.75) is 38.8 Å². The predicted molar refractivity (Wildman–Crippen MR) is 73.0 cm³/mol. The number of carbonyl (C=O) groups excluding carboxylic acids is 1. The lowest BCUT2D eigenvalue weighted by atomic mass is 10.0. The molecule has 6 nitrogen and oxygen atoms in total. The zero-order valence-electron chi connectivity index (χ0n) is 12.1. The second-order valence-corrected chi connectivity index (χ2v) is 5.20. The van der Waals surface area contributed by atoms with Gasteiger partial charge in [0.2, 0.25) is 5.91 Å². The van der Waals surface area contributed by atoms with E-state index in [-0.39, 0.29) is 5.91 Å². The van der Waals surface area contributed by atoms with Crippen LogP contribution in [0, 0.1) is 0 Å². The molecule has 19 heavy (non-hydrogen) atoms. The topological polar surface area (TPSA) is 72.9 Å². The minimum Gasteiger partial charge on any atom is -0.480 e. The van der Waals surface area contributed by atoms with Gasteiger partial charge in [0.15, 0.2) is 0 Å². The third kappa shape index (κ3) is 5.16. The number of likely N-dealkylation sites (N-methyl/N-ethyl adjacent to an activating group) is 1. The summed E-state index contributed by atoms with van der Waals surface area (Å²) in [5.41, 5.74) is 0. The molecule has 0 saturated carbocycles. The molecule has 6 heteroatoms. The maximum Gasteiger partial charge on any atom is 0.327 e. The van der Waals surface area contributed by atoms with Crippen molar-refractivity contribution in [3.8, 4) is 0 Å². The highest BCUT2D eigenvalue weighted by Crippen LogP contribution is 2.15. The van der Waals surface area contributed by atoms with Crippen LogP contribution in [0.4, 0.5) is 0 Å². The van der Waals surface area contributed by atoms with E-state index in [4.69, 9.17) is 5.11 Å². The molecule has 110 valence electrons. The van der Waals surface area contributed by atoms with Crippen LogP contribution in [-0.2, 0) is 9.59 Å². The molecule has 0 aliphatic carbocycles. The molecule has 2 N–H and O–H groups in total. The van der Waals surface area contributed by atoms with Crippen molar-refractivity contribution >= 4 is 11.9 Å². The monoisotopic (exact) mass is 271 g/mol. The van der Waals surface area contributed by atoms with Crippen LogP contribution in [0.25, 0.3) is 0 Å². The Morgan fingerprint density at radius 1 is 1.42 bits per heavy atom. The first-order chi connectivity index (χ1) is 8.93. The Hall–Kier alpha value is -1.14. The number of likely N-dealkylation sites (tertiary alicyclic amines) is 1. The molecule has 1 aliphatic rings. The van der Waals surface area contributed by atoms with E-state index in [1.807, 2.05) is 7.05 Å². The summed E-state index contributed by atoms with van der Waals surface area (Å²) >= 11 is 0. The molecule has 0 aromatic rings. The summed E-state index contributed by atoms with van der Waals surface area (Å²) in [4.78, 5) is 26.6. The number of carboxylic acids is 1. The first-order valence-corrected chi connectivity index (χ1v) is 6.86. The highest BCUT2D eigenvalue weighted by atomic mass is 16.4. The van der Waals surface area contributed by atoms with Gasteiger partial charge >= 0.3 is 5.97 Å². The van der Waals surface area contributed by atoms with Gasteiger partial charge in [-0.25, -0.2) is 4.79 Å². The van der Waals surface area contributed by atoms with E-state index in [9.17, 15) is 9.59 Å². The number of hydrogen-bond donors (Lipinski definition) is 2. The minimum atomic E-state index is -0.979. The van der Waals surface area contributed by atoms with Crippen molar-refractivity contribution in [2.75, 3.05) is 33.2 Å². The van der Waals surface area contributed by atoms with E-state index in [0.29, 0.717) is 12.6 Å². The standard InChI is InChI=1S/C13H25N3O3/c1-4-16-7-5-11(6-8-16)15(3)9-12(13(18)19)14-10(2)17/h11-12H,4-9H2,1-3H3,(H,14,17)(H,18,19). The fraction of sp³-hybridized carbons (Fsp3) is 0.846. The molecule has 0 aromatic heterocycles. The summed E-state index contributed by atoms with van der Waals surface area (Å²) in [7, 11) is 1.93. The lowest BCUT2D eigenvalue weighted by Crippen LogP contribution is -2.51. The van der Waals surface area contributed by atoms with Gasteiger partial charge in [-0.2, -0.15) is 0 Å². The first-order valence-electron chi connectivity index (χ1n) is 6.86. The molecular weight excluding hydrogens is 246 g/mol. The van der Waals surface area contributed by atoms with Crippen LogP contribution in [0.2, 0.25) is 0 Å². The van der Waals surface area contributed by atoms with Crippen molar-refractivity contribution in [1.82, 2.24) is 15.1 Å². The Morgan fingerprint density at radius 3 is 2.42 bits per heavy atom. The molecule has 1 heterocycles. The lowest BCUT2D eigenvalue weighted by molar-refractivity contribution is -0.142. The Morgan fingerprint density at radius 2 is 2.00 bits per heavy atom. The Kier molecular flexibility index (Phi) is 6.24. The van der Waals surface area contributed by atoms with Crippen molar-refractivity contribution in [3.05, 3.63) is 0 Å². The van der Waals surface area contributed by atoms with Crippen LogP contribution >= 0.6 is 0 Å². The second kappa shape index (κ2) is 7.45. The van der Waals surface area contributed by atoms with E-state index in [1.165, 1.54) is 6.92 Å². The summed E-state index contributed by atoms with van der Waals surface area (Å²) in [6.45, 7) is 7.04. The average Bonchev–Trinajstić information content (AvgIpc) is 2.37. The number of carbonyl (C=O) groups is 2. The Labute approximate surface area is 114 Å². The Balaban J connectivity index is 2.46. The normalized spacial score (nSPS) is 19.4. The summed E-state index contributed by atoms with van der Waals surface area (Å²) < 4.78 is 0. The SMILES string of the molecule is CCN1CCC(N(C)CC(NC(C)=O)C(=O)O)CC1. The largest absolute Gasteiger partial charge is 0.480 e. The molecular formula is C13H25N3O3. The molecule has 0 bridgehead atoms. The Bertz CT molecular complexity index is 314. The fourth-order valence-electron chi connectivity index (χ4n) is 2.54. The predicted octanol–water partition coefficient (Wildman–Crippen LogP) is -0.00820. The van der Waals surface area contributed by atoms with Gasteiger partial charge in [0.05, 0.1) is 0 Å². The van der Waals surface area contributed by atoms with Gasteiger partial charge in [-0.15, -0.1) is 0 Å². The van der Waals surface area contributed by atoms with Gasteiger partial charge < -0.3 is 20.2 Å². The van der Waals surface area contributed by atoms with Crippen LogP contribution in [0.15, 0.2) is 0 Å². The highest BCUT2D eigenvalue weighted by molar-refractivity contribution is 5.82. The number of piperidine rings is 1. The maximum absolute atomic E-state index is 11.1. The number of aliphatic carboxylic acids is 1. The van der Waals surface area contributed by atoms with Crippen LogP contribution < -0.4 is 5.32 Å². The molecule has 1 saturated heterocycles. The zero-order valence-corrected chi connectivity index (χ0v) is 12.1. The third-order valence-electron chi connectivity index (χ3n) is 3.77. The van der Waals surface area contributed by atoms with Gasteiger partial charge in [-0.1, -0.05) is 6.92 Å². The van der Waals surface area contributed by atoms with Crippen LogP contribution in [-0.4, -0.2) is 72.1 Å². The number of nitrogens with zero attached hydrogens (tertiary/aromatic N) is 2. The van der Waals surface area contributed by atoms with E-state index in [2.05, 4.69) is 22.0 Å². The van der Waals surface area contributed by atoms with Gasteiger partial charge in [-0.05, 0) is 39.5 Å². The van der Waals surface area contributed by atoms with Crippen LogP contribution in [0.1, 0.15) is 26.7 Å². The van der Waals surface area contributed by atoms with Crippen molar-refractivity contribution in [2.24, 2.45) is 0 Å². The first kappa shape index (κ1) is 15.9. The lowest BCUT2D eigenvalue weighted by Gasteiger charge is -2.37. The number of carboxylic acid groups (broad SMARTS) is 1. The van der Waals surface area contributed by atoms with E-state index >= 15 is 0 Å². The van der Waals surface area contributed by atoms with Crippen molar-refractivity contribution in [1.29, 1.82) is 0 Å². The molecule has 0 radical (unpaired) electrons. The molecule has 1 fully saturated rings. The van der Waals surface area contributed by atoms with Crippen LogP contribution in [0.3, 0.4) is 0 Å². The van der Waals surface area contributed by atoms with E-state index < -0.39 is 12.0 Å². The number of rotatable bonds is 6. The highest BCUT2D eigenvalue weighted by Gasteiger charge is 2.26. The van der Waals surface area contributed by atoms with E-state index in [0.717, 1.165) is 32.5 Å². The minimum absolute atomic E-state index is 0.304. The van der Waals surface area contributed by atoms with Gasteiger partial charge in [0.1, 0.15) is 6.04 Å². The molecule has 0 aromatic carbocycles. The number of nitrogens with one attached hydrogen (secondary N) is 1. The number of amides is 1. The van der Waals surface area contributed by atoms with Gasteiger partial charge in [0.25, 0.3) is 0 Å². The molecule has 1 amide bonds. The fourth-order valence-corrected chi connectivity index (χ4v) is 2.54. The van der Waals surface area contributed by atoms with Gasteiger partial charge in [0, 0.05) is 19.5 Å². The summed E-state index contributed by atoms with van der Waals surface area (Å²) in [6, 6.07) is -0.426. The zero-order chi connectivity index (χ0) is 14.4. The molecule has 1 atom stereocenters. The summed E-state index contributed by atoms with van der Waals surface area (Å²) in [5.74, 6) is -1.28. The number of hydrogen-bond acceptors (Lipinski definition) is 4. The molecule has 0 spiro atoms. The summed E-state index contributed by atoms with van der Waals surface area (Å²) in [6.07, 6.45) is 2.10. The van der Waals surface area contributed by atoms with Gasteiger partial charge in [-0.3, -0.25) is 4.79 Å². The van der Waals surface area contributed by atoms with Crippen LogP contribution in [0.5, 0.6) is 0 Å². The van der Waals surface area contributed by atoms with E-state index in [1.54, 1.807) is 0 Å². The quantitative estimate of drug-likeness (QED) is 0.711. The summed E-state index contributed by atoms with van der Waals surface area (Å²) in [5, 5.41) is 11.6. The average molecular weight is 271 g/mol. The smallest absolute Gasteiger partial charge is 0.327 e. The van der Waals surface area contributed by atoms with Crippen molar-refractivity contribution in [3.63, 3.8) is 0 Å². The van der Waals surface area contributed by atoms with Crippen molar-refractivity contribution < 1.29 is 14.7 Å². The second-order valence-electron chi connectivity index (χ2n) is 5.20. The molecule has 1 aliphatic heterocycles. The molecule has 1 rings (SSSR count). The third-order valence-corrected chi connectivity index (χ3v) is 3.77.